The molecule has 10 nitrogen and oxygen atoms in total. The maximum absolute atomic E-state index is 14.9. The SMILES string of the molecule is Cn1cncc1Cn1c([C@H]2CC23CCN(c2nc(OCc4ccc(Cl)cc4F)ncc2F)CC3)nc2ccc(C(=O)O)cc21. The molecule has 0 bridgehead atoms. The van der Waals surface area contributed by atoms with Crippen molar-refractivity contribution in [2.45, 2.75) is 38.3 Å². The maximum Gasteiger partial charge on any atom is 0.335 e. The summed E-state index contributed by atoms with van der Waals surface area (Å²) in [4.78, 5) is 31.1. The summed E-state index contributed by atoms with van der Waals surface area (Å²) < 4.78 is 38.7. The molecule has 44 heavy (non-hydrogen) atoms. The predicted molar refractivity (Wildman–Crippen MR) is 158 cm³/mol. The van der Waals surface area contributed by atoms with Gasteiger partial charge in [-0.25, -0.2) is 28.5 Å². The second kappa shape index (κ2) is 10.8. The second-order valence-electron chi connectivity index (χ2n) is 11.5. The van der Waals surface area contributed by atoms with Gasteiger partial charge in [-0.2, -0.15) is 4.98 Å². The Labute approximate surface area is 255 Å². The minimum atomic E-state index is -0.986. The number of imidazole rings is 2. The van der Waals surface area contributed by atoms with Gasteiger partial charge in [0.2, 0.25) is 0 Å². The minimum absolute atomic E-state index is 0.00661. The van der Waals surface area contributed by atoms with Crippen LogP contribution in [0.5, 0.6) is 6.01 Å². The van der Waals surface area contributed by atoms with Crippen molar-refractivity contribution in [1.29, 1.82) is 0 Å². The quantitative estimate of drug-likeness (QED) is 0.239. The Morgan fingerprint density at radius 2 is 1.93 bits per heavy atom. The number of rotatable bonds is 8. The van der Waals surface area contributed by atoms with Crippen molar-refractivity contribution in [3.63, 3.8) is 0 Å². The topological polar surface area (TPSA) is 111 Å². The number of carboxylic acid groups (broad SMARTS) is 1. The Morgan fingerprint density at radius 3 is 2.66 bits per heavy atom. The molecule has 13 heteroatoms. The molecule has 1 aliphatic heterocycles. The second-order valence-corrected chi connectivity index (χ2v) is 12.0. The first-order chi connectivity index (χ1) is 21.2. The highest BCUT2D eigenvalue weighted by Gasteiger charge is 2.57. The summed E-state index contributed by atoms with van der Waals surface area (Å²) in [5.74, 6) is -0.776. The van der Waals surface area contributed by atoms with E-state index in [1.807, 2.05) is 16.5 Å². The van der Waals surface area contributed by atoms with Gasteiger partial charge in [0.1, 0.15) is 18.2 Å². The number of hydrogen-bond donors (Lipinski definition) is 1. The van der Waals surface area contributed by atoms with E-state index in [4.69, 9.17) is 21.3 Å². The van der Waals surface area contributed by atoms with Crippen molar-refractivity contribution in [1.82, 2.24) is 29.1 Å². The molecule has 0 amide bonds. The fraction of sp³-hybridized carbons (Fsp3) is 0.323. The van der Waals surface area contributed by atoms with E-state index < -0.39 is 17.6 Å². The van der Waals surface area contributed by atoms with Gasteiger partial charge in [0.15, 0.2) is 11.6 Å². The molecule has 0 radical (unpaired) electrons. The van der Waals surface area contributed by atoms with Crippen LogP contribution in [-0.4, -0.2) is 53.2 Å². The van der Waals surface area contributed by atoms with Crippen LogP contribution >= 0.6 is 11.6 Å². The molecule has 4 heterocycles. The zero-order valence-electron chi connectivity index (χ0n) is 23.8. The van der Waals surface area contributed by atoms with Crippen LogP contribution in [0.15, 0.2) is 55.1 Å². The highest BCUT2D eigenvalue weighted by Crippen LogP contribution is 2.65. The number of aromatic carboxylic acids is 1. The van der Waals surface area contributed by atoms with Crippen molar-refractivity contribution in [2.24, 2.45) is 12.5 Å². The highest BCUT2D eigenvalue weighted by molar-refractivity contribution is 6.30. The summed E-state index contributed by atoms with van der Waals surface area (Å²) in [6.07, 6.45) is 7.17. The molecular formula is C31H28ClF2N7O3. The van der Waals surface area contributed by atoms with Gasteiger partial charge in [0.25, 0.3) is 0 Å². The van der Waals surface area contributed by atoms with Crippen molar-refractivity contribution < 1.29 is 23.4 Å². The third kappa shape index (κ3) is 5.12. The zero-order chi connectivity index (χ0) is 30.6. The minimum Gasteiger partial charge on any atom is -0.478 e. The summed E-state index contributed by atoms with van der Waals surface area (Å²) in [7, 11) is 1.93. The molecule has 5 aromatic rings. The van der Waals surface area contributed by atoms with Crippen LogP contribution in [0, 0.1) is 17.0 Å². The van der Waals surface area contributed by atoms with E-state index in [2.05, 4.69) is 19.5 Å². The molecule has 1 saturated carbocycles. The summed E-state index contributed by atoms with van der Waals surface area (Å²) in [6.45, 7) is 1.56. The molecule has 1 aliphatic carbocycles. The zero-order valence-corrected chi connectivity index (χ0v) is 24.5. The third-order valence-corrected chi connectivity index (χ3v) is 9.13. The first-order valence-corrected chi connectivity index (χ1v) is 14.6. The summed E-state index contributed by atoms with van der Waals surface area (Å²) >= 11 is 5.82. The number of aromatic nitrogens is 6. The largest absolute Gasteiger partial charge is 0.478 e. The number of nitrogens with zero attached hydrogens (tertiary/aromatic N) is 7. The van der Waals surface area contributed by atoms with Crippen LogP contribution in [-0.2, 0) is 20.2 Å². The molecule has 1 spiro atoms. The van der Waals surface area contributed by atoms with Crippen molar-refractivity contribution in [3.8, 4) is 6.01 Å². The van der Waals surface area contributed by atoms with Crippen molar-refractivity contribution >= 4 is 34.4 Å². The first kappa shape index (κ1) is 28.2. The van der Waals surface area contributed by atoms with Crippen LogP contribution in [0.4, 0.5) is 14.6 Å². The number of ether oxygens (including phenoxy) is 1. The number of piperidine rings is 1. The van der Waals surface area contributed by atoms with Crippen LogP contribution in [0.1, 0.15) is 52.6 Å². The molecule has 3 aromatic heterocycles. The van der Waals surface area contributed by atoms with E-state index in [-0.39, 0.29) is 45.9 Å². The molecule has 2 aliphatic rings. The Balaban J connectivity index is 1.09. The van der Waals surface area contributed by atoms with Crippen LogP contribution in [0.25, 0.3) is 11.0 Å². The molecule has 1 N–H and O–H groups in total. The molecular weight excluding hydrogens is 592 g/mol. The molecule has 2 fully saturated rings. The summed E-state index contributed by atoms with van der Waals surface area (Å²) in [5, 5.41) is 9.89. The summed E-state index contributed by atoms with van der Waals surface area (Å²) in [6, 6.07) is 9.28. The van der Waals surface area contributed by atoms with Gasteiger partial charge in [-0.15, -0.1) is 0 Å². The normalized spacial score (nSPS) is 17.4. The number of carbonyl (C=O) groups is 1. The van der Waals surface area contributed by atoms with E-state index >= 15 is 0 Å². The Hall–Kier alpha value is -4.58. The lowest BCUT2D eigenvalue weighted by molar-refractivity contribution is 0.0697. The van der Waals surface area contributed by atoms with Gasteiger partial charge in [0.05, 0.1) is 41.4 Å². The van der Waals surface area contributed by atoms with Gasteiger partial charge in [0, 0.05) is 42.8 Å². The molecule has 2 aromatic carbocycles. The lowest BCUT2D eigenvalue weighted by atomic mass is 9.90. The fourth-order valence-corrected chi connectivity index (χ4v) is 6.41. The molecule has 1 saturated heterocycles. The lowest BCUT2D eigenvalue weighted by Gasteiger charge is -2.33. The van der Waals surface area contributed by atoms with E-state index in [9.17, 15) is 18.7 Å². The fourth-order valence-electron chi connectivity index (χ4n) is 6.25. The predicted octanol–water partition coefficient (Wildman–Crippen LogP) is 5.59. The van der Waals surface area contributed by atoms with Gasteiger partial charge in [-0.05, 0) is 55.0 Å². The Kier molecular flexibility index (Phi) is 6.95. The number of carboxylic acids is 1. The van der Waals surface area contributed by atoms with Crippen LogP contribution in [0.3, 0.4) is 0 Å². The maximum atomic E-state index is 14.9. The summed E-state index contributed by atoms with van der Waals surface area (Å²) in [5.41, 5.74) is 3.01. The average molecular weight is 620 g/mol. The van der Waals surface area contributed by atoms with E-state index in [1.165, 1.54) is 12.1 Å². The lowest BCUT2D eigenvalue weighted by Crippen LogP contribution is -2.36. The van der Waals surface area contributed by atoms with Crippen LogP contribution < -0.4 is 9.64 Å². The molecule has 226 valence electrons. The number of anilines is 1. The molecule has 0 unspecified atom stereocenters. The molecule has 7 rings (SSSR count). The van der Waals surface area contributed by atoms with Gasteiger partial charge in [-0.3, -0.25) is 0 Å². The molecule has 1 atom stereocenters. The van der Waals surface area contributed by atoms with E-state index in [0.29, 0.717) is 19.6 Å². The van der Waals surface area contributed by atoms with Crippen molar-refractivity contribution in [2.75, 3.05) is 18.0 Å². The van der Waals surface area contributed by atoms with E-state index in [0.717, 1.165) is 48.0 Å². The smallest absolute Gasteiger partial charge is 0.335 e. The number of aryl methyl sites for hydroxylation is 1. The number of hydrogen-bond acceptors (Lipinski definition) is 7. The average Bonchev–Trinajstić information content (AvgIpc) is 3.33. The monoisotopic (exact) mass is 619 g/mol. The Morgan fingerprint density at radius 1 is 1.11 bits per heavy atom. The van der Waals surface area contributed by atoms with Gasteiger partial charge >= 0.3 is 12.0 Å². The standard InChI is InChI=1S/C31H28ClF2N7O3/c1-39-17-35-13-21(39)15-41-26-10-18(29(42)43)3-5-25(26)37-27(41)22-12-31(22)6-8-40(9-7-31)28-24(34)14-36-30(38-28)44-16-19-2-4-20(32)11-23(19)33/h2-5,10-11,13-14,17,22H,6-9,12,15-16H2,1H3,(H,42,43)/t22-/m1/s1. The number of fused-ring (bicyclic) bond motifs is 1. The Bertz CT molecular complexity index is 1900. The van der Waals surface area contributed by atoms with Crippen LogP contribution in [0.2, 0.25) is 5.02 Å². The highest BCUT2D eigenvalue weighted by atomic mass is 35.5. The van der Waals surface area contributed by atoms with Gasteiger partial charge < -0.3 is 23.9 Å². The first-order valence-electron chi connectivity index (χ1n) is 14.2. The van der Waals surface area contributed by atoms with Gasteiger partial charge in [-0.1, -0.05) is 17.7 Å². The number of halogens is 3. The third-order valence-electron chi connectivity index (χ3n) is 8.90. The van der Waals surface area contributed by atoms with Crippen molar-refractivity contribution in [3.05, 3.63) is 94.4 Å². The number of benzene rings is 2. The van der Waals surface area contributed by atoms with E-state index in [1.54, 1.807) is 36.8 Å².